The highest BCUT2D eigenvalue weighted by atomic mass is 79.9. The zero-order valence-corrected chi connectivity index (χ0v) is 11.7. The van der Waals surface area contributed by atoms with E-state index in [0.717, 1.165) is 15.7 Å². The van der Waals surface area contributed by atoms with Gasteiger partial charge < -0.3 is 5.32 Å². The van der Waals surface area contributed by atoms with Crippen molar-refractivity contribution in [2.24, 2.45) is 0 Å². The van der Waals surface area contributed by atoms with Gasteiger partial charge in [0.25, 0.3) is 0 Å². The quantitative estimate of drug-likeness (QED) is 0.866. The van der Waals surface area contributed by atoms with Gasteiger partial charge in [0.2, 0.25) is 0 Å². The summed E-state index contributed by atoms with van der Waals surface area (Å²) in [6.07, 6.45) is 5.48. The van der Waals surface area contributed by atoms with Gasteiger partial charge in [0.05, 0.1) is 0 Å². The second kappa shape index (κ2) is 5.87. The van der Waals surface area contributed by atoms with E-state index in [9.17, 15) is 0 Å². The maximum Gasteiger partial charge on any atom is 0.130 e. The van der Waals surface area contributed by atoms with Crippen LogP contribution in [0.3, 0.4) is 0 Å². The van der Waals surface area contributed by atoms with Gasteiger partial charge in [-0.2, -0.15) is 11.8 Å². The number of aromatic nitrogens is 2. The van der Waals surface area contributed by atoms with E-state index in [-0.39, 0.29) is 0 Å². The van der Waals surface area contributed by atoms with Gasteiger partial charge in [-0.3, -0.25) is 0 Å². The van der Waals surface area contributed by atoms with Crippen LogP contribution in [0.2, 0.25) is 0 Å². The third kappa shape index (κ3) is 3.10. The van der Waals surface area contributed by atoms with Crippen LogP contribution < -0.4 is 5.32 Å². The van der Waals surface area contributed by atoms with Crippen molar-refractivity contribution >= 4 is 33.5 Å². The van der Waals surface area contributed by atoms with Gasteiger partial charge in [0.1, 0.15) is 16.7 Å². The Labute approximate surface area is 109 Å². The fraction of sp³-hybridized carbons (Fsp3) is 0.636. The fourth-order valence-electron chi connectivity index (χ4n) is 2.11. The Morgan fingerprint density at radius 2 is 2.38 bits per heavy atom. The van der Waals surface area contributed by atoms with Crippen molar-refractivity contribution < 1.29 is 0 Å². The van der Waals surface area contributed by atoms with Crippen molar-refractivity contribution in [3.05, 3.63) is 17.0 Å². The second-order valence-corrected chi connectivity index (χ2v) is 6.23. The Balaban J connectivity index is 1.98. The van der Waals surface area contributed by atoms with Gasteiger partial charge in [-0.25, -0.2) is 9.97 Å². The Morgan fingerprint density at radius 3 is 3.12 bits per heavy atom. The molecule has 1 aliphatic carbocycles. The molecule has 1 aromatic heterocycles. The Kier molecular flexibility index (Phi) is 4.46. The SMILES string of the molecule is CCSC1CCCC1Nc1cc(Br)ncn1. The molecule has 16 heavy (non-hydrogen) atoms. The molecule has 1 aliphatic rings. The summed E-state index contributed by atoms with van der Waals surface area (Å²) >= 11 is 5.41. The van der Waals surface area contributed by atoms with Gasteiger partial charge >= 0.3 is 0 Å². The minimum absolute atomic E-state index is 0.562. The Morgan fingerprint density at radius 1 is 1.50 bits per heavy atom. The van der Waals surface area contributed by atoms with Crippen molar-refractivity contribution in [2.75, 3.05) is 11.1 Å². The van der Waals surface area contributed by atoms with Crippen LogP contribution in [0.4, 0.5) is 5.82 Å². The molecule has 1 aromatic rings. The van der Waals surface area contributed by atoms with Crippen LogP contribution >= 0.6 is 27.7 Å². The summed E-state index contributed by atoms with van der Waals surface area (Å²) in [5.74, 6) is 2.12. The zero-order valence-electron chi connectivity index (χ0n) is 9.32. The fourth-order valence-corrected chi connectivity index (χ4v) is 3.61. The van der Waals surface area contributed by atoms with E-state index in [1.165, 1.54) is 25.0 Å². The number of anilines is 1. The summed E-state index contributed by atoms with van der Waals surface area (Å²) in [5.41, 5.74) is 0. The van der Waals surface area contributed by atoms with E-state index in [1.54, 1.807) is 6.33 Å². The third-order valence-corrected chi connectivity index (χ3v) is 4.56. The molecule has 0 aliphatic heterocycles. The lowest BCUT2D eigenvalue weighted by Crippen LogP contribution is -2.26. The average molecular weight is 302 g/mol. The second-order valence-electron chi connectivity index (χ2n) is 3.90. The number of nitrogens with one attached hydrogen (secondary N) is 1. The van der Waals surface area contributed by atoms with E-state index in [0.29, 0.717) is 6.04 Å². The molecule has 1 fully saturated rings. The predicted octanol–water partition coefficient (Wildman–Crippen LogP) is 3.33. The molecular formula is C11H16BrN3S. The molecule has 0 aromatic carbocycles. The highest BCUT2D eigenvalue weighted by Crippen LogP contribution is 2.31. The normalized spacial score (nSPS) is 24.6. The van der Waals surface area contributed by atoms with Crippen LogP contribution in [0, 0.1) is 0 Å². The number of rotatable bonds is 4. The van der Waals surface area contributed by atoms with Crippen LogP contribution in [0.5, 0.6) is 0 Å². The average Bonchev–Trinajstić information content (AvgIpc) is 2.66. The smallest absolute Gasteiger partial charge is 0.130 e. The van der Waals surface area contributed by atoms with E-state index in [1.807, 2.05) is 6.07 Å². The van der Waals surface area contributed by atoms with Crippen LogP contribution in [-0.2, 0) is 0 Å². The van der Waals surface area contributed by atoms with Crippen LogP contribution in [0.25, 0.3) is 0 Å². The first-order chi connectivity index (χ1) is 7.79. The van der Waals surface area contributed by atoms with Gasteiger partial charge in [0.15, 0.2) is 0 Å². The number of nitrogens with zero attached hydrogens (tertiary/aromatic N) is 2. The van der Waals surface area contributed by atoms with Crippen molar-refractivity contribution in [2.45, 2.75) is 37.5 Å². The summed E-state index contributed by atoms with van der Waals surface area (Å²) in [5, 5.41) is 4.25. The predicted molar refractivity (Wildman–Crippen MR) is 72.9 cm³/mol. The molecule has 0 amide bonds. The van der Waals surface area contributed by atoms with Gasteiger partial charge in [-0.05, 0) is 34.5 Å². The maximum atomic E-state index is 4.24. The lowest BCUT2D eigenvalue weighted by atomic mass is 10.2. The number of hydrogen-bond acceptors (Lipinski definition) is 4. The van der Waals surface area contributed by atoms with E-state index in [2.05, 4.69) is 49.9 Å². The van der Waals surface area contributed by atoms with E-state index < -0.39 is 0 Å². The van der Waals surface area contributed by atoms with Crippen LogP contribution in [-0.4, -0.2) is 27.0 Å². The molecule has 5 heteroatoms. The zero-order chi connectivity index (χ0) is 11.4. The van der Waals surface area contributed by atoms with Gasteiger partial charge in [-0.15, -0.1) is 0 Å². The molecule has 0 bridgehead atoms. The topological polar surface area (TPSA) is 37.8 Å². The number of halogens is 1. The molecule has 0 spiro atoms. The summed E-state index contributed by atoms with van der Waals surface area (Å²) in [6.45, 7) is 2.22. The van der Waals surface area contributed by atoms with Crippen molar-refractivity contribution in [3.8, 4) is 0 Å². The monoisotopic (exact) mass is 301 g/mol. The molecule has 0 saturated heterocycles. The van der Waals surface area contributed by atoms with E-state index >= 15 is 0 Å². The lowest BCUT2D eigenvalue weighted by molar-refractivity contribution is 0.761. The summed E-state index contributed by atoms with van der Waals surface area (Å²) < 4.78 is 0.836. The summed E-state index contributed by atoms with van der Waals surface area (Å²) in [4.78, 5) is 8.27. The maximum absolute atomic E-state index is 4.24. The van der Waals surface area contributed by atoms with Crippen LogP contribution in [0.15, 0.2) is 17.0 Å². The standard InChI is InChI=1S/C11H16BrN3S/c1-2-16-9-5-3-4-8(9)15-11-6-10(12)13-7-14-11/h6-9H,2-5H2,1H3,(H,13,14,15). The highest BCUT2D eigenvalue weighted by molar-refractivity contribution is 9.10. The summed E-state index contributed by atoms with van der Waals surface area (Å²) in [6, 6.07) is 2.50. The van der Waals surface area contributed by atoms with Gasteiger partial charge in [0, 0.05) is 17.4 Å². The lowest BCUT2D eigenvalue weighted by Gasteiger charge is -2.20. The Hall–Kier alpha value is -0.290. The van der Waals surface area contributed by atoms with Crippen molar-refractivity contribution in [1.82, 2.24) is 9.97 Å². The molecular weight excluding hydrogens is 286 g/mol. The van der Waals surface area contributed by atoms with Crippen molar-refractivity contribution in [3.63, 3.8) is 0 Å². The Bertz CT molecular complexity index is 348. The first-order valence-corrected chi connectivity index (χ1v) is 7.49. The highest BCUT2D eigenvalue weighted by Gasteiger charge is 2.27. The number of thioether (sulfide) groups is 1. The van der Waals surface area contributed by atoms with Crippen molar-refractivity contribution in [1.29, 1.82) is 0 Å². The minimum Gasteiger partial charge on any atom is -0.366 e. The molecule has 2 unspecified atom stereocenters. The summed E-state index contributed by atoms with van der Waals surface area (Å²) in [7, 11) is 0. The first-order valence-electron chi connectivity index (χ1n) is 5.65. The van der Waals surface area contributed by atoms with E-state index in [4.69, 9.17) is 0 Å². The molecule has 2 atom stereocenters. The first kappa shape index (κ1) is 12.2. The number of hydrogen-bond donors (Lipinski definition) is 1. The minimum atomic E-state index is 0.562. The molecule has 1 saturated carbocycles. The molecule has 2 rings (SSSR count). The molecule has 0 radical (unpaired) electrons. The molecule has 3 nitrogen and oxygen atoms in total. The van der Waals surface area contributed by atoms with Crippen LogP contribution in [0.1, 0.15) is 26.2 Å². The molecule has 88 valence electrons. The van der Waals surface area contributed by atoms with Gasteiger partial charge in [-0.1, -0.05) is 13.3 Å². The third-order valence-electron chi connectivity index (χ3n) is 2.80. The molecule has 1 N–H and O–H groups in total. The largest absolute Gasteiger partial charge is 0.366 e. The molecule has 1 heterocycles.